The molecule has 0 unspecified atom stereocenters. The van der Waals surface area contributed by atoms with E-state index in [9.17, 15) is 4.79 Å². The topological polar surface area (TPSA) is 64.3 Å². The molecule has 0 atom stereocenters. The minimum Gasteiger partial charge on any atom is -0.489 e. The lowest BCUT2D eigenvalue weighted by molar-refractivity contribution is 0.0951. The fourth-order valence-electron chi connectivity index (χ4n) is 1.66. The van der Waals surface area contributed by atoms with Gasteiger partial charge in [0.2, 0.25) is 0 Å². The molecule has 98 valence electrons. The average Bonchev–Trinajstić information content (AvgIpc) is 2.45. The van der Waals surface area contributed by atoms with E-state index in [-0.39, 0.29) is 5.91 Å². The van der Waals surface area contributed by atoms with Crippen molar-refractivity contribution in [2.24, 2.45) is 5.84 Å². The predicted octanol–water partition coefficient (Wildman–Crippen LogP) is 2.47. The summed E-state index contributed by atoms with van der Waals surface area (Å²) in [6.45, 7) is 0.323. The van der Waals surface area contributed by atoms with Crippen LogP contribution in [0, 0.1) is 3.57 Å². The second kappa shape index (κ2) is 6.53. The Morgan fingerprint density at radius 1 is 1.21 bits per heavy atom. The van der Waals surface area contributed by atoms with E-state index in [2.05, 4.69) is 28.0 Å². The van der Waals surface area contributed by atoms with Crippen LogP contribution in [0.15, 0.2) is 48.5 Å². The van der Waals surface area contributed by atoms with Gasteiger partial charge in [0.05, 0.1) is 0 Å². The third-order valence-electron chi connectivity index (χ3n) is 2.58. The smallest absolute Gasteiger partial charge is 0.265 e. The van der Waals surface area contributed by atoms with E-state index in [1.54, 1.807) is 12.1 Å². The van der Waals surface area contributed by atoms with Crippen LogP contribution in [0.5, 0.6) is 5.75 Å². The molecule has 0 heterocycles. The maximum atomic E-state index is 11.6. The van der Waals surface area contributed by atoms with E-state index in [1.165, 1.54) is 0 Å². The Labute approximate surface area is 125 Å². The molecule has 19 heavy (non-hydrogen) atoms. The van der Waals surface area contributed by atoms with Gasteiger partial charge in [0, 0.05) is 14.7 Å². The van der Waals surface area contributed by atoms with Crippen LogP contribution in [0.4, 0.5) is 0 Å². The van der Waals surface area contributed by atoms with Gasteiger partial charge >= 0.3 is 0 Å². The Morgan fingerprint density at radius 3 is 2.74 bits per heavy atom. The molecule has 5 heteroatoms. The van der Waals surface area contributed by atoms with E-state index < -0.39 is 0 Å². The fraction of sp³-hybridized carbons (Fsp3) is 0.0714. The summed E-state index contributed by atoms with van der Waals surface area (Å²) in [4.78, 5) is 11.6. The highest BCUT2D eigenvalue weighted by atomic mass is 127. The molecule has 0 saturated carbocycles. The van der Waals surface area contributed by atoms with Gasteiger partial charge in [0.15, 0.2) is 0 Å². The molecule has 2 rings (SSSR count). The van der Waals surface area contributed by atoms with E-state index in [0.29, 0.717) is 12.2 Å². The maximum Gasteiger partial charge on any atom is 0.265 e. The molecular formula is C14H13IN2O2. The number of nitrogen functional groups attached to an aromatic ring is 1. The summed E-state index contributed by atoms with van der Waals surface area (Å²) in [5.74, 6) is 5.61. The van der Waals surface area contributed by atoms with E-state index in [1.807, 2.05) is 36.4 Å². The lowest BCUT2D eigenvalue weighted by atomic mass is 10.1. The molecule has 0 aliphatic heterocycles. The number of benzene rings is 2. The van der Waals surface area contributed by atoms with Crippen LogP contribution >= 0.6 is 22.6 Å². The number of ether oxygens (including phenoxy) is 1. The Bertz CT molecular complexity index is 587. The molecule has 0 fully saturated rings. The van der Waals surface area contributed by atoms with Crippen molar-refractivity contribution in [1.29, 1.82) is 0 Å². The molecule has 4 nitrogen and oxygen atoms in total. The predicted molar refractivity (Wildman–Crippen MR) is 81.6 cm³/mol. The average molecular weight is 368 g/mol. The summed E-state index contributed by atoms with van der Waals surface area (Å²) in [6, 6.07) is 15.0. The molecule has 0 aliphatic carbocycles. The maximum absolute atomic E-state index is 11.6. The Hall–Kier alpha value is -1.60. The first-order chi connectivity index (χ1) is 9.20. The number of carbonyl (C=O) groups excluding carboxylic acids is 1. The van der Waals surface area contributed by atoms with Crippen LogP contribution in [0.2, 0.25) is 0 Å². The summed E-state index contributed by atoms with van der Waals surface area (Å²) in [6.07, 6.45) is 0. The first-order valence-corrected chi connectivity index (χ1v) is 6.76. The Morgan fingerprint density at radius 2 is 2.00 bits per heavy atom. The lowest BCUT2D eigenvalue weighted by Gasteiger charge is -2.10. The van der Waals surface area contributed by atoms with E-state index in [4.69, 9.17) is 10.6 Å². The molecule has 2 aromatic rings. The molecule has 0 aliphatic rings. The normalized spacial score (nSPS) is 10.0. The number of amides is 1. The molecule has 2 aromatic carbocycles. The SMILES string of the molecule is NNC(=O)c1ccccc1COc1cccc(I)c1. The molecular weight excluding hydrogens is 355 g/mol. The van der Waals surface area contributed by atoms with Crippen LogP contribution in [-0.4, -0.2) is 5.91 Å². The van der Waals surface area contributed by atoms with Gasteiger partial charge in [-0.2, -0.15) is 0 Å². The quantitative estimate of drug-likeness (QED) is 0.377. The van der Waals surface area contributed by atoms with Gasteiger partial charge in [-0.25, -0.2) is 5.84 Å². The van der Waals surface area contributed by atoms with Crippen LogP contribution < -0.4 is 16.0 Å². The van der Waals surface area contributed by atoms with Crippen molar-refractivity contribution in [1.82, 2.24) is 5.43 Å². The number of hydrazine groups is 1. The van der Waals surface area contributed by atoms with Crippen molar-refractivity contribution < 1.29 is 9.53 Å². The second-order valence-electron chi connectivity index (χ2n) is 3.88. The van der Waals surface area contributed by atoms with Crippen molar-refractivity contribution in [3.8, 4) is 5.75 Å². The Kier molecular flexibility index (Phi) is 4.75. The Balaban J connectivity index is 2.13. The van der Waals surface area contributed by atoms with Gasteiger partial charge in [-0.15, -0.1) is 0 Å². The second-order valence-corrected chi connectivity index (χ2v) is 5.12. The van der Waals surface area contributed by atoms with Crippen LogP contribution in [-0.2, 0) is 6.61 Å². The number of nitrogens with two attached hydrogens (primary N) is 1. The third kappa shape index (κ3) is 3.68. The molecule has 0 saturated heterocycles. The van der Waals surface area contributed by atoms with Gasteiger partial charge in [-0.3, -0.25) is 10.2 Å². The summed E-state index contributed by atoms with van der Waals surface area (Å²) in [5, 5.41) is 0. The molecule has 0 radical (unpaired) electrons. The standard InChI is InChI=1S/C14H13IN2O2/c15-11-5-3-6-12(8-11)19-9-10-4-1-2-7-13(10)14(18)17-16/h1-8H,9,16H2,(H,17,18). The van der Waals surface area contributed by atoms with Gasteiger partial charge in [-0.1, -0.05) is 24.3 Å². The number of nitrogens with one attached hydrogen (secondary N) is 1. The monoisotopic (exact) mass is 368 g/mol. The fourth-order valence-corrected chi connectivity index (χ4v) is 2.18. The van der Waals surface area contributed by atoms with Crippen LogP contribution in [0.3, 0.4) is 0 Å². The highest BCUT2D eigenvalue weighted by Crippen LogP contribution is 2.17. The highest BCUT2D eigenvalue weighted by molar-refractivity contribution is 14.1. The molecule has 0 spiro atoms. The van der Waals surface area contributed by atoms with Crippen molar-refractivity contribution in [3.63, 3.8) is 0 Å². The lowest BCUT2D eigenvalue weighted by Crippen LogP contribution is -2.30. The van der Waals surface area contributed by atoms with Gasteiger partial charge in [0.1, 0.15) is 12.4 Å². The number of hydrogen-bond donors (Lipinski definition) is 2. The third-order valence-corrected chi connectivity index (χ3v) is 3.25. The largest absolute Gasteiger partial charge is 0.489 e. The number of halogens is 1. The molecule has 1 amide bonds. The number of rotatable bonds is 4. The highest BCUT2D eigenvalue weighted by Gasteiger charge is 2.09. The first kappa shape index (κ1) is 13.8. The number of hydrogen-bond acceptors (Lipinski definition) is 3. The first-order valence-electron chi connectivity index (χ1n) is 5.68. The zero-order valence-corrected chi connectivity index (χ0v) is 12.3. The van der Waals surface area contributed by atoms with Gasteiger partial charge in [0.25, 0.3) is 5.91 Å². The van der Waals surface area contributed by atoms with E-state index >= 15 is 0 Å². The summed E-state index contributed by atoms with van der Waals surface area (Å²) in [7, 11) is 0. The van der Waals surface area contributed by atoms with Crippen LogP contribution in [0.25, 0.3) is 0 Å². The van der Waals surface area contributed by atoms with E-state index in [0.717, 1.165) is 14.9 Å². The minimum absolute atomic E-state index is 0.318. The summed E-state index contributed by atoms with van der Waals surface area (Å²) >= 11 is 2.22. The molecule has 3 N–H and O–H groups in total. The zero-order chi connectivity index (χ0) is 13.7. The van der Waals surface area contributed by atoms with Crippen molar-refractivity contribution in [3.05, 3.63) is 63.2 Å². The molecule has 0 bridgehead atoms. The molecule has 0 aromatic heterocycles. The van der Waals surface area contributed by atoms with Crippen molar-refractivity contribution in [2.75, 3.05) is 0 Å². The summed E-state index contributed by atoms with van der Waals surface area (Å²) < 4.78 is 6.78. The van der Waals surface area contributed by atoms with Crippen molar-refractivity contribution in [2.45, 2.75) is 6.61 Å². The summed E-state index contributed by atoms with van der Waals surface area (Å²) in [5.41, 5.74) is 3.45. The van der Waals surface area contributed by atoms with Gasteiger partial charge < -0.3 is 4.74 Å². The zero-order valence-electron chi connectivity index (χ0n) is 10.1. The van der Waals surface area contributed by atoms with Gasteiger partial charge in [-0.05, 0) is 46.9 Å². The number of carbonyl (C=O) groups is 1. The van der Waals surface area contributed by atoms with Crippen molar-refractivity contribution >= 4 is 28.5 Å². The van der Waals surface area contributed by atoms with Crippen LogP contribution in [0.1, 0.15) is 15.9 Å². The minimum atomic E-state index is -0.318.